The standard InChI is InChI=1S/C24H20ClN3O/c1-3-16-4-6-17(7-5-16)22-14-20(24(29)27-18-10-12-26-13-11-18)19-8-9-21(25)15(2)23(19)28-22/h4-14H,3H2,1-2H3,(H,26,27,29). The number of nitrogens with zero attached hydrogens (tertiary/aromatic N) is 2. The van der Waals surface area contributed by atoms with Crippen molar-refractivity contribution >= 4 is 34.1 Å². The van der Waals surface area contributed by atoms with Crippen molar-refractivity contribution in [2.75, 3.05) is 5.32 Å². The normalized spacial score (nSPS) is 10.9. The Morgan fingerprint density at radius 1 is 1.03 bits per heavy atom. The number of benzene rings is 2. The molecule has 0 bridgehead atoms. The van der Waals surface area contributed by atoms with Crippen LogP contribution in [0.5, 0.6) is 0 Å². The predicted molar refractivity (Wildman–Crippen MR) is 118 cm³/mol. The Balaban J connectivity index is 1.87. The molecule has 0 aliphatic carbocycles. The second kappa shape index (κ2) is 8.02. The molecule has 29 heavy (non-hydrogen) atoms. The molecule has 144 valence electrons. The van der Waals surface area contributed by atoms with E-state index < -0.39 is 0 Å². The fourth-order valence-corrected chi connectivity index (χ4v) is 3.44. The molecule has 0 spiro atoms. The minimum Gasteiger partial charge on any atom is -0.322 e. The molecule has 0 aliphatic rings. The molecule has 0 atom stereocenters. The maximum atomic E-state index is 13.1. The second-order valence-corrected chi connectivity index (χ2v) is 7.27. The summed E-state index contributed by atoms with van der Waals surface area (Å²) < 4.78 is 0. The van der Waals surface area contributed by atoms with E-state index in [-0.39, 0.29) is 5.91 Å². The summed E-state index contributed by atoms with van der Waals surface area (Å²) in [5.74, 6) is -0.197. The van der Waals surface area contributed by atoms with Gasteiger partial charge in [0.15, 0.2) is 0 Å². The lowest BCUT2D eigenvalue weighted by Crippen LogP contribution is -2.13. The van der Waals surface area contributed by atoms with Crippen molar-refractivity contribution in [3.8, 4) is 11.3 Å². The lowest BCUT2D eigenvalue weighted by atomic mass is 10.0. The van der Waals surface area contributed by atoms with Gasteiger partial charge in [-0.2, -0.15) is 0 Å². The topological polar surface area (TPSA) is 54.9 Å². The van der Waals surface area contributed by atoms with Crippen molar-refractivity contribution in [2.24, 2.45) is 0 Å². The number of pyridine rings is 2. The monoisotopic (exact) mass is 401 g/mol. The molecule has 2 aromatic carbocycles. The molecule has 0 aliphatic heterocycles. The quantitative estimate of drug-likeness (QED) is 0.451. The van der Waals surface area contributed by atoms with Gasteiger partial charge in [-0.3, -0.25) is 9.78 Å². The Hall–Kier alpha value is -3.24. The van der Waals surface area contributed by atoms with E-state index in [1.807, 2.05) is 31.2 Å². The number of hydrogen-bond acceptors (Lipinski definition) is 3. The molecular weight excluding hydrogens is 382 g/mol. The summed E-state index contributed by atoms with van der Waals surface area (Å²) in [6.07, 6.45) is 4.26. The number of carbonyl (C=O) groups excluding carboxylic acids is 1. The molecule has 4 rings (SSSR count). The van der Waals surface area contributed by atoms with E-state index in [0.29, 0.717) is 16.3 Å². The molecule has 0 unspecified atom stereocenters. The molecule has 0 saturated heterocycles. The number of aromatic nitrogens is 2. The van der Waals surface area contributed by atoms with Gasteiger partial charge >= 0.3 is 0 Å². The highest BCUT2D eigenvalue weighted by Crippen LogP contribution is 2.30. The third-order valence-corrected chi connectivity index (χ3v) is 5.42. The zero-order valence-electron chi connectivity index (χ0n) is 16.2. The average molecular weight is 402 g/mol. The first-order chi connectivity index (χ1) is 14.1. The van der Waals surface area contributed by atoms with Gasteiger partial charge in [-0.15, -0.1) is 0 Å². The smallest absolute Gasteiger partial charge is 0.256 e. The van der Waals surface area contributed by atoms with Gasteiger partial charge in [0, 0.05) is 34.1 Å². The molecular formula is C24H20ClN3O. The molecule has 1 N–H and O–H groups in total. The van der Waals surface area contributed by atoms with Gasteiger partial charge in [-0.1, -0.05) is 48.9 Å². The maximum Gasteiger partial charge on any atom is 0.256 e. The fourth-order valence-electron chi connectivity index (χ4n) is 3.28. The van der Waals surface area contributed by atoms with Crippen molar-refractivity contribution in [1.82, 2.24) is 9.97 Å². The summed E-state index contributed by atoms with van der Waals surface area (Å²) in [5, 5.41) is 4.34. The van der Waals surface area contributed by atoms with Gasteiger partial charge in [0.2, 0.25) is 0 Å². The number of amides is 1. The van der Waals surface area contributed by atoms with Crippen LogP contribution in [0.3, 0.4) is 0 Å². The van der Waals surface area contributed by atoms with Crippen LogP contribution in [0, 0.1) is 6.92 Å². The third-order valence-electron chi connectivity index (χ3n) is 5.01. The first kappa shape index (κ1) is 19.1. The van der Waals surface area contributed by atoms with Crippen molar-refractivity contribution in [3.05, 3.63) is 88.7 Å². The van der Waals surface area contributed by atoms with Crippen LogP contribution in [0.25, 0.3) is 22.2 Å². The number of nitrogens with one attached hydrogen (secondary N) is 1. The Morgan fingerprint density at radius 2 is 1.76 bits per heavy atom. The summed E-state index contributed by atoms with van der Waals surface area (Å²) in [4.78, 5) is 21.9. The number of anilines is 1. The van der Waals surface area contributed by atoms with E-state index in [1.54, 1.807) is 30.6 Å². The van der Waals surface area contributed by atoms with Crippen molar-refractivity contribution in [3.63, 3.8) is 0 Å². The van der Waals surface area contributed by atoms with Gasteiger partial charge in [0.25, 0.3) is 5.91 Å². The molecule has 5 heteroatoms. The minimum atomic E-state index is -0.197. The summed E-state index contributed by atoms with van der Waals surface area (Å²) in [5.41, 5.74) is 5.79. The van der Waals surface area contributed by atoms with Crippen LogP contribution in [0.1, 0.15) is 28.4 Å². The first-order valence-electron chi connectivity index (χ1n) is 9.47. The number of carbonyl (C=O) groups is 1. The van der Waals surface area contributed by atoms with Crippen LogP contribution in [0.15, 0.2) is 67.0 Å². The molecule has 4 nitrogen and oxygen atoms in total. The van der Waals surface area contributed by atoms with Crippen LogP contribution in [-0.4, -0.2) is 15.9 Å². The van der Waals surface area contributed by atoms with E-state index in [4.69, 9.17) is 16.6 Å². The number of rotatable bonds is 4. The van der Waals surface area contributed by atoms with Crippen molar-refractivity contribution in [1.29, 1.82) is 0 Å². The number of hydrogen-bond donors (Lipinski definition) is 1. The Kier molecular flexibility index (Phi) is 5.28. The maximum absolute atomic E-state index is 13.1. The SMILES string of the molecule is CCc1ccc(-c2cc(C(=O)Nc3ccncc3)c3ccc(Cl)c(C)c3n2)cc1. The van der Waals surface area contributed by atoms with E-state index in [1.165, 1.54) is 5.56 Å². The van der Waals surface area contributed by atoms with E-state index in [9.17, 15) is 4.79 Å². The van der Waals surface area contributed by atoms with Gasteiger partial charge < -0.3 is 5.32 Å². The summed E-state index contributed by atoms with van der Waals surface area (Å²) in [7, 11) is 0. The van der Waals surface area contributed by atoms with Crippen LogP contribution < -0.4 is 5.32 Å². The Labute approximate surface area is 174 Å². The highest BCUT2D eigenvalue weighted by atomic mass is 35.5. The zero-order chi connectivity index (χ0) is 20.4. The number of halogens is 1. The average Bonchev–Trinajstić information content (AvgIpc) is 2.76. The molecule has 0 saturated carbocycles. The molecule has 1 amide bonds. The summed E-state index contributed by atoms with van der Waals surface area (Å²) >= 11 is 6.34. The Bertz CT molecular complexity index is 1190. The van der Waals surface area contributed by atoms with Crippen molar-refractivity contribution < 1.29 is 4.79 Å². The molecule has 0 radical (unpaired) electrons. The molecule has 4 aromatic rings. The molecule has 2 aromatic heterocycles. The first-order valence-corrected chi connectivity index (χ1v) is 9.85. The predicted octanol–water partition coefficient (Wildman–Crippen LogP) is 6.07. The van der Waals surface area contributed by atoms with Gasteiger partial charge in [-0.05, 0) is 48.7 Å². The van der Waals surface area contributed by atoms with E-state index in [2.05, 4.69) is 29.4 Å². The van der Waals surface area contributed by atoms with E-state index >= 15 is 0 Å². The number of fused-ring (bicyclic) bond motifs is 1. The lowest BCUT2D eigenvalue weighted by molar-refractivity contribution is 0.102. The molecule has 2 heterocycles. The third kappa shape index (κ3) is 3.84. The van der Waals surface area contributed by atoms with Crippen molar-refractivity contribution in [2.45, 2.75) is 20.3 Å². The van der Waals surface area contributed by atoms with Crippen LogP contribution >= 0.6 is 11.6 Å². The fraction of sp³-hybridized carbons (Fsp3) is 0.125. The molecule has 0 fully saturated rings. The zero-order valence-corrected chi connectivity index (χ0v) is 17.0. The van der Waals surface area contributed by atoms with Crippen LogP contribution in [0.4, 0.5) is 5.69 Å². The number of aryl methyl sites for hydroxylation is 2. The largest absolute Gasteiger partial charge is 0.322 e. The lowest BCUT2D eigenvalue weighted by Gasteiger charge is -2.13. The Morgan fingerprint density at radius 3 is 2.45 bits per heavy atom. The van der Waals surface area contributed by atoms with Crippen LogP contribution in [-0.2, 0) is 6.42 Å². The van der Waals surface area contributed by atoms with Gasteiger partial charge in [-0.25, -0.2) is 4.98 Å². The highest BCUT2D eigenvalue weighted by Gasteiger charge is 2.16. The van der Waals surface area contributed by atoms with Gasteiger partial charge in [0.1, 0.15) is 0 Å². The van der Waals surface area contributed by atoms with Crippen LogP contribution in [0.2, 0.25) is 5.02 Å². The summed E-state index contributed by atoms with van der Waals surface area (Å²) in [6.45, 7) is 4.04. The minimum absolute atomic E-state index is 0.197. The highest BCUT2D eigenvalue weighted by molar-refractivity contribution is 6.32. The second-order valence-electron chi connectivity index (χ2n) is 6.86. The summed E-state index contributed by atoms with van der Waals surface area (Å²) in [6, 6.07) is 17.3. The van der Waals surface area contributed by atoms with E-state index in [0.717, 1.165) is 34.1 Å². The van der Waals surface area contributed by atoms with Gasteiger partial charge in [0.05, 0.1) is 16.8 Å².